The molecular formula is C23H19FN4O5S. The lowest BCUT2D eigenvalue weighted by molar-refractivity contribution is -0.146. The molecule has 0 aliphatic heterocycles. The Hall–Kier alpha value is -4.12. The SMILES string of the molecule is Cc1ccccc1NC(=O)Cc1nc(COC(=O)Cn2nc(-c3ccc(F)cc3)oc2=O)cs1. The minimum Gasteiger partial charge on any atom is -0.458 e. The van der Waals surface area contributed by atoms with Gasteiger partial charge in [-0.3, -0.25) is 9.59 Å². The molecule has 174 valence electrons. The number of esters is 1. The molecule has 9 nitrogen and oxygen atoms in total. The van der Waals surface area contributed by atoms with Crippen LogP contribution in [0.25, 0.3) is 11.5 Å². The quantitative estimate of drug-likeness (QED) is 0.383. The maximum atomic E-state index is 13.0. The standard InChI is InChI=1S/C23H19FN4O5S/c1-14-4-2-3-5-18(14)26-19(29)10-20-25-17(13-34-20)12-32-21(30)11-28-23(31)33-22(27-28)15-6-8-16(24)9-7-15/h2-9,13H,10-12H2,1H3,(H,26,29). The molecule has 1 amide bonds. The Labute approximate surface area is 196 Å². The van der Waals surface area contributed by atoms with Crippen molar-refractivity contribution >= 4 is 28.9 Å². The van der Waals surface area contributed by atoms with Crippen molar-refractivity contribution in [2.24, 2.45) is 0 Å². The van der Waals surface area contributed by atoms with Gasteiger partial charge in [-0.15, -0.1) is 16.4 Å². The second-order valence-electron chi connectivity index (χ2n) is 7.27. The molecule has 4 rings (SSSR count). The second-order valence-corrected chi connectivity index (χ2v) is 8.21. The summed E-state index contributed by atoms with van der Waals surface area (Å²) in [7, 11) is 0. The number of nitrogens with one attached hydrogen (secondary N) is 1. The van der Waals surface area contributed by atoms with Gasteiger partial charge in [0.15, 0.2) is 0 Å². The molecule has 0 fully saturated rings. The zero-order chi connectivity index (χ0) is 24.1. The number of ether oxygens (including phenoxy) is 1. The van der Waals surface area contributed by atoms with E-state index in [0.717, 1.165) is 15.9 Å². The first-order valence-electron chi connectivity index (χ1n) is 10.2. The number of carbonyl (C=O) groups is 2. The van der Waals surface area contributed by atoms with E-state index in [1.807, 2.05) is 31.2 Å². The number of anilines is 1. The Morgan fingerprint density at radius 2 is 1.94 bits per heavy atom. The molecule has 0 unspecified atom stereocenters. The normalized spacial score (nSPS) is 10.8. The summed E-state index contributed by atoms with van der Waals surface area (Å²) >= 11 is 1.28. The first-order chi connectivity index (χ1) is 16.4. The molecule has 2 aromatic carbocycles. The Balaban J connectivity index is 1.29. The van der Waals surface area contributed by atoms with E-state index in [1.165, 1.54) is 35.6 Å². The Bertz CT molecular complexity index is 1380. The maximum Gasteiger partial charge on any atom is 0.437 e. The van der Waals surface area contributed by atoms with Crippen LogP contribution in [0.2, 0.25) is 0 Å². The molecule has 2 heterocycles. The first-order valence-corrected chi connectivity index (χ1v) is 11.0. The number of aryl methyl sites for hydroxylation is 1. The summed E-state index contributed by atoms with van der Waals surface area (Å²) in [6, 6.07) is 12.7. The lowest BCUT2D eigenvalue weighted by Crippen LogP contribution is -2.23. The average Bonchev–Trinajstić information content (AvgIpc) is 3.40. The average molecular weight is 482 g/mol. The number of rotatable bonds is 8. The topological polar surface area (TPSA) is 116 Å². The molecule has 0 aliphatic rings. The number of nitrogens with zero attached hydrogens (tertiary/aromatic N) is 3. The van der Waals surface area contributed by atoms with Crippen LogP contribution in [0.4, 0.5) is 10.1 Å². The minimum atomic E-state index is -0.841. The molecule has 34 heavy (non-hydrogen) atoms. The van der Waals surface area contributed by atoms with Crippen molar-refractivity contribution in [3.63, 3.8) is 0 Å². The number of carbonyl (C=O) groups excluding carboxylic acids is 2. The number of amides is 1. The number of hydrogen-bond acceptors (Lipinski definition) is 8. The van der Waals surface area contributed by atoms with E-state index in [9.17, 15) is 18.8 Å². The van der Waals surface area contributed by atoms with Crippen LogP contribution in [0.1, 0.15) is 16.3 Å². The van der Waals surface area contributed by atoms with Gasteiger partial charge < -0.3 is 14.5 Å². The fourth-order valence-corrected chi connectivity index (χ4v) is 3.76. The van der Waals surface area contributed by atoms with Crippen molar-refractivity contribution in [3.8, 4) is 11.5 Å². The van der Waals surface area contributed by atoms with Gasteiger partial charge in [-0.05, 0) is 42.8 Å². The molecule has 0 atom stereocenters. The van der Waals surface area contributed by atoms with Crippen LogP contribution < -0.4 is 11.1 Å². The largest absolute Gasteiger partial charge is 0.458 e. The number of hydrogen-bond donors (Lipinski definition) is 1. The molecule has 0 spiro atoms. The molecule has 11 heteroatoms. The number of para-hydroxylation sites is 1. The third-order valence-corrected chi connectivity index (χ3v) is 5.59. The number of benzene rings is 2. The van der Waals surface area contributed by atoms with Gasteiger partial charge in [0.05, 0.1) is 12.1 Å². The molecule has 4 aromatic rings. The summed E-state index contributed by atoms with van der Waals surface area (Å²) in [6.45, 7) is 1.33. The lowest BCUT2D eigenvalue weighted by atomic mass is 10.2. The highest BCUT2D eigenvalue weighted by atomic mass is 32.1. The van der Waals surface area contributed by atoms with Gasteiger partial charge in [-0.25, -0.2) is 14.2 Å². The van der Waals surface area contributed by atoms with E-state index in [4.69, 9.17) is 9.15 Å². The van der Waals surface area contributed by atoms with Gasteiger partial charge >= 0.3 is 11.7 Å². The van der Waals surface area contributed by atoms with Crippen molar-refractivity contribution in [1.82, 2.24) is 14.8 Å². The number of halogens is 1. The lowest BCUT2D eigenvalue weighted by Gasteiger charge is -2.06. The van der Waals surface area contributed by atoms with Gasteiger partial charge in [0.25, 0.3) is 0 Å². The first kappa shape index (κ1) is 23.1. The van der Waals surface area contributed by atoms with E-state index in [0.29, 0.717) is 16.3 Å². The molecule has 0 saturated carbocycles. The third-order valence-electron chi connectivity index (χ3n) is 4.69. The van der Waals surface area contributed by atoms with E-state index >= 15 is 0 Å². The van der Waals surface area contributed by atoms with Gasteiger partial charge in [-0.1, -0.05) is 18.2 Å². The zero-order valence-corrected chi connectivity index (χ0v) is 18.8. The van der Waals surface area contributed by atoms with Crippen molar-refractivity contribution in [2.75, 3.05) is 5.32 Å². The van der Waals surface area contributed by atoms with E-state index in [1.54, 1.807) is 5.38 Å². The number of aromatic nitrogens is 3. The highest BCUT2D eigenvalue weighted by Crippen LogP contribution is 2.17. The van der Waals surface area contributed by atoms with E-state index < -0.39 is 24.1 Å². The Morgan fingerprint density at radius 1 is 1.18 bits per heavy atom. The van der Waals surface area contributed by atoms with Crippen LogP contribution >= 0.6 is 11.3 Å². The second kappa shape index (κ2) is 10.2. The Kier molecular flexibility index (Phi) is 6.93. The molecule has 1 N–H and O–H groups in total. The molecule has 0 radical (unpaired) electrons. The van der Waals surface area contributed by atoms with Crippen molar-refractivity contribution in [3.05, 3.63) is 86.5 Å². The minimum absolute atomic E-state index is 0.0362. The predicted molar refractivity (Wildman–Crippen MR) is 122 cm³/mol. The fourth-order valence-electron chi connectivity index (χ4n) is 2.98. The summed E-state index contributed by atoms with van der Waals surface area (Å²) in [5.41, 5.74) is 2.58. The molecule has 0 saturated heterocycles. The molecule has 2 aromatic heterocycles. The van der Waals surface area contributed by atoms with Crippen molar-refractivity contribution in [2.45, 2.75) is 26.5 Å². The van der Waals surface area contributed by atoms with Crippen LogP contribution in [0.3, 0.4) is 0 Å². The van der Waals surface area contributed by atoms with E-state index in [2.05, 4.69) is 15.4 Å². The molecular weight excluding hydrogens is 463 g/mol. The predicted octanol–water partition coefficient (Wildman–Crippen LogP) is 3.33. The van der Waals surface area contributed by atoms with Crippen molar-refractivity contribution in [1.29, 1.82) is 0 Å². The van der Waals surface area contributed by atoms with Gasteiger partial charge in [0.1, 0.15) is 24.0 Å². The third kappa shape index (κ3) is 5.81. The smallest absolute Gasteiger partial charge is 0.437 e. The van der Waals surface area contributed by atoms with Gasteiger partial charge in [-0.2, -0.15) is 4.68 Å². The van der Waals surface area contributed by atoms with Crippen LogP contribution in [-0.2, 0) is 33.9 Å². The summed E-state index contributed by atoms with van der Waals surface area (Å²) < 4.78 is 24.0. The summed E-state index contributed by atoms with van der Waals surface area (Å²) in [5, 5.41) is 9.05. The zero-order valence-electron chi connectivity index (χ0n) is 18.0. The summed E-state index contributed by atoms with van der Waals surface area (Å²) in [5.74, 6) is -2.23. The summed E-state index contributed by atoms with van der Waals surface area (Å²) in [6.07, 6.45) is 0.0907. The highest BCUT2D eigenvalue weighted by Gasteiger charge is 2.15. The maximum absolute atomic E-state index is 13.0. The fraction of sp³-hybridized carbons (Fsp3) is 0.174. The molecule has 0 aliphatic carbocycles. The van der Waals surface area contributed by atoms with Gasteiger partial charge in [0, 0.05) is 16.6 Å². The van der Waals surface area contributed by atoms with Crippen molar-refractivity contribution < 1.29 is 23.1 Å². The van der Waals surface area contributed by atoms with Crippen LogP contribution in [0, 0.1) is 12.7 Å². The summed E-state index contributed by atoms with van der Waals surface area (Å²) in [4.78, 5) is 40.7. The highest BCUT2D eigenvalue weighted by molar-refractivity contribution is 7.09. The Morgan fingerprint density at radius 3 is 2.71 bits per heavy atom. The van der Waals surface area contributed by atoms with Crippen LogP contribution in [0.15, 0.2) is 63.1 Å². The molecule has 0 bridgehead atoms. The van der Waals surface area contributed by atoms with Crippen LogP contribution in [0.5, 0.6) is 0 Å². The van der Waals surface area contributed by atoms with Crippen LogP contribution in [-0.4, -0.2) is 26.6 Å². The monoisotopic (exact) mass is 482 g/mol. The van der Waals surface area contributed by atoms with Gasteiger partial charge in [0.2, 0.25) is 11.8 Å². The van der Waals surface area contributed by atoms with E-state index in [-0.39, 0.29) is 24.8 Å². The number of thiazole rings is 1.